The molecule has 0 spiro atoms. The average Bonchev–Trinajstić information content (AvgIpc) is 1.85. The van der Waals surface area contributed by atoms with Crippen molar-refractivity contribution in [3.05, 3.63) is 0 Å². The van der Waals surface area contributed by atoms with Gasteiger partial charge in [0.1, 0.15) is 0 Å². The van der Waals surface area contributed by atoms with Crippen molar-refractivity contribution in [1.29, 1.82) is 0 Å². The number of hydrogen-bond donors (Lipinski definition) is 1. The third kappa shape index (κ3) is 0.908. The van der Waals surface area contributed by atoms with Gasteiger partial charge in [0.2, 0.25) is 0 Å². The third-order valence-electron chi connectivity index (χ3n) is 0.645. The van der Waals surface area contributed by atoms with Crippen LogP contribution in [0, 0.1) is 0 Å². The van der Waals surface area contributed by atoms with Gasteiger partial charge < -0.3 is 4.74 Å². The van der Waals surface area contributed by atoms with Gasteiger partial charge in [-0.3, -0.25) is 5.32 Å². The molecule has 1 aliphatic heterocycles. The second-order valence-corrected chi connectivity index (χ2v) is 2.46. The number of amides is 1. The third-order valence-corrected chi connectivity index (χ3v) is 1.46. The highest BCUT2D eigenvalue weighted by molar-refractivity contribution is 14.1. The Morgan fingerprint density at radius 1 is 1.62 bits per heavy atom. The molecule has 5 heteroatoms. The summed E-state index contributed by atoms with van der Waals surface area (Å²) >= 11 is 1.77. The highest BCUT2D eigenvalue weighted by Crippen LogP contribution is 2.05. The first-order chi connectivity index (χ1) is 3.70. The molecule has 1 N–H and O–H groups in total. The number of nitrogens with one attached hydrogen (secondary N) is 1. The minimum atomic E-state index is -0.658. The lowest BCUT2D eigenvalue weighted by Gasteiger charge is -1.86. The first-order valence-electron chi connectivity index (χ1n) is 1.86. The fourth-order valence-electron chi connectivity index (χ4n) is 0.335. The van der Waals surface area contributed by atoms with Crippen LogP contribution in [0.1, 0.15) is 0 Å². The zero-order valence-corrected chi connectivity index (χ0v) is 5.84. The van der Waals surface area contributed by atoms with Crippen LogP contribution in [0.3, 0.4) is 0 Å². The summed E-state index contributed by atoms with van der Waals surface area (Å²) in [4.78, 5) is 20.4. The van der Waals surface area contributed by atoms with Gasteiger partial charge in [-0.05, 0) is 22.6 Å². The molecule has 1 rings (SSSR count). The number of carbonyl (C=O) groups excluding carboxylic acids is 2. The second-order valence-electron chi connectivity index (χ2n) is 1.22. The normalized spacial score (nSPS) is 27.4. The quantitative estimate of drug-likeness (QED) is 0.208. The fraction of sp³-hybridized carbons (Fsp3) is 0.333. The van der Waals surface area contributed by atoms with Gasteiger partial charge >= 0.3 is 12.1 Å². The van der Waals surface area contributed by atoms with E-state index in [-0.39, 0.29) is 0 Å². The maximum absolute atomic E-state index is 10.3. The molecule has 1 amide bonds. The van der Waals surface area contributed by atoms with Gasteiger partial charge in [-0.2, -0.15) is 0 Å². The van der Waals surface area contributed by atoms with Crippen molar-refractivity contribution in [2.24, 2.45) is 0 Å². The molecule has 1 aliphatic rings. The van der Waals surface area contributed by atoms with Gasteiger partial charge in [-0.15, -0.1) is 0 Å². The molecule has 0 aromatic heterocycles. The largest absolute Gasteiger partial charge is 0.416 e. The molecule has 1 unspecified atom stereocenters. The Morgan fingerprint density at radius 3 is 2.38 bits per heavy atom. The van der Waals surface area contributed by atoms with E-state index >= 15 is 0 Å². The lowest BCUT2D eigenvalue weighted by molar-refractivity contribution is -0.133. The molecule has 0 saturated carbocycles. The summed E-state index contributed by atoms with van der Waals surface area (Å²) < 4.78 is 3.58. The number of carbonyl (C=O) groups is 2. The number of hydrogen-bond acceptors (Lipinski definition) is 3. The van der Waals surface area contributed by atoms with E-state index in [1.165, 1.54) is 0 Å². The molecule has 1 atom stereocenters. The minimum Gasteiger partial charge on any atom is -0.374 e. The van der Waals surface area contributed by atoms with Crippen LogP contribution in [-0.4, -0.2) is 16.1 Å². The SMILES string of the molecule is O=C1NC(I)C(=O)O1. The summed E-state index contributed by atoms with van der Waals surface area (Å²) in [5, 5.41) is 2.24. The highest BCUT2D eigenvalue weighted by Gasteiger charge is 2.29. The van der Waals surface area contributed by atoms with Gasteiger partial charge in [-0.1, -0.05) is 0 Å². The van der Waals surface area contributed by atoms with Crippen LogP contribution in [0.2, 0.25) is 0 Å². The number of alkyl carbamates (subject to hydrolysis) is 1. The zero-order valence-electron chi connectivity index (χ0n) is 3.68. The molecular weight excluding hydrogens is 225 g/mol. The number of rotatable bonds is 0. The zero-order chi connectivity index (χ0) is 6.15. The van der Waals surface area contributed by atoms with Gasteiger partial charge in [0.05, 0.1) is 0 Å². The van der Waals surface area contributed by atoms with Crippen molar-refractivity contribution in [3.63, 3.8) is 0 Å². The molecular formula is C3H2INO3. The first-order valence-corrected chi connectivity index (χ1v) is 3.11. The smallest absolute Gasteiger partial charge is 0.374 e. The van der Waals surface area contributed by atoms with Crippen LogP contribution in [-0.2, 0) is 9.53 Å². The first kappa shape index (κ1) is 5.80. The molecule has 1 saturated heterocycles. The van der Waals surface area contributed by atoms with Gasteiger partial charge in [0, 0.05) is 0 Å². The molecule has 4 nitrogen and oxygen atoms in total. The number of alkyl halides is 1. The molecule has 8 heavy (non-hydrogen) atoms. The van der Waals surface area contributed by atoms with Crippen molar-refractivity contribution >= 4 is 34.7 Å². The van der Waals surface area contributed by atoms with Crippen molar-refractivity contribution in [2.45, 2.75) is 4.05 Å². The van der Waals surface area contributed by atoms with E-state index in [4.69, 9.17) is 0 Å². The maximum Gasteiger partial charge on any atom is 0.416 e. The monoisotopic (exact) mass is 227 g/mol. The van der Waals surface area contributed by atoms with E-state index in [1.807, 2.05) is 0 Å². The Bertz CT molecular complexity index is 145. The molecule has 0 aliphatic carbocycles. The van der Waals surface area contributed by atoms with Crippen LogP contribution < -0.4 is 5.32 Å². The number of esters is 1. The predicted octanol–water partition coefficient (Wildman–Crippen LogP) is 0.0139. The van der Waals surface area contributed by atoms with Gasteiger partial charge in [0.25, 0.3) is 0 Å². The summed E-state index contributed by atoms with van der Waals surface area (Å²) in [7, 11) is 0. The number of ether oxygens (including phenoxy) is 1. The summed E-state index contributed by atoms with van der Waals surface area (Å²) in [5.41, 5.74) is 0. The Kier molecular flexibility index (Phi) is 1.37. The van der Waals surface area contributed by atoms with E-state index in [9.17, 15) is 9.59 Å². The summed E-state index contributed by atoms with van der Waals surface area (Å²) in [5.74, 6) is -0.518. The maximum atomic E-state index is 10.3. The van der Waals surface area contributed by atoms with E-state index in [0.717, 1.165) is 0 Å². The number of halogens is 1. The van der Waals surface area contributed by atoms with Crippen molar-refractivity contribution in [3.8, 4) is 0 Å². The standard InChI is InChI=1S/C3H2INO3/c4-1-2(6)8-3(7)5-1/h1H,(H,5,7). The molecule has 44 valence electrons. The Hall–Kier alpha value is -0.330. The van der Waals surface area contributed by atoms with Gasteiger partial charge in [-0.25, -0.2) is 9.59 Å². The minimum absolute atomic E-state index is 0.500. The lowest BCUT2D eigenvalue weighted by Crippen LogP contribution is -2.21. The number of cyclic esters (lactones) is 2. The van der Waals surface area contributed by atoms with Crippen molar-refractivity contribution < 1.29 is 14.3 Å². The van der Waals surface area contributed by atoms with Gasteiger partial charge in [0.15, 0.2) is 4.05 Å². The average molecular weight is 227 g/mol. The molecule has 1 heterocycles. The van der Waals surface area contributed by atoms with Crippen molar-refractivity contribution in [1.82, 2.24) is 5.32 Å². The van der Waals surface area contributed by atoms with E-state index in [2.05, 4.69) is 10.1 Å². The molecule has 0 bridgehead atoms. The van der Waals surface area contributed by atoms with E-state index in [1.54, 1.807) is 22.6 Å². The van der Waals surface area contributed by atoms with Crippen molar-refractivity contribution in [2.75, 3.05) is 0 Å². The predicted molar refractivity (Wildman–Crippen MR) is 32.4 cm³/mol. The van der Waals surface area contributed by atoms with E-state index in [0.29, 0.717) is 0 Å². The topological polar surface area (TPSA) is 55.4 Å². The molecule has 0 aromatic carbocycles. The van der Waals surface area contributed by atoms with Crippen LogP contribution in [0.5, 0.6) is 0 Å². The second kappa shape index (κ2) is 1.88. The Balaban J connectivity index is 2.64. The molecule has 0 aromatic rings. The van der Waals surface area contributed by atoms with Crippen LogP contribution >= 0.6 is 22.6 Å². The summed E-state index contributed by atoms with van der Waals surface area (Å²) in [6.45, 7) is 0. The summed E-state index contributed by atoms with van der Waals surface area (Å²) in [6.07, 6.45) is -0.658. The van der Waals surface area contributed by atoms with Crippen LogP contribution in [0.4, 0.5) is 4.79 Å². The molecule has 0 radical (unpaired) electrons. The Morgan fingerprint density at radius 2 is 2.25 bits per heavy atom. The van der Waals surface area contributed by atoms with Crippen LogP contribution in [0.15, 0.2) is 0 Å². The fourth-order valence-corrected chi connectivity index (χ4v) is 0.716. The lowest BCUT2D eigenvalue weighted by atomic mass is 10.7. The Labute approximate surface area is 58.7 Å². The molecule has 1 fully saturated rings. The summed E-state index contributed by atoms with van der Waals surface area (Å²) in [6, 6.07) is 0. The van der Waals surface area contributed by atoms with Crippen LogP contribution in [0.25, 0.3) is 0 Å². The highest BCUT2D eigenvalue weighted by atomic mass is 127. The van der Waals surface area contributed by atoms with E-state index < -0.39 is 16.1 Å².